The fourth-order valence-corrected chi connectivity index (χ4v) is 2.31. The molecule has 1 aliphatic carbocycles. The van der Waals surface area contributed by atoms with Gasteiger partial charge in [-0.05, 0) is 42.5 Å². The third-order valence-electron chi connectivity index (χ3n) is 3.51. The summed E-state index contributed by atoms with van der Waals surface area (Å²) < 4.78 is 12.0. The average molecular weight is 294 g/mol. The molecule has 0 heterocycles. The van der Waals surface area contributed by atoms with E-state index in [-0.39, 0.29) is 5.76 Å². The van der Waals surface area contributed by atoms with Crippen LogP contribution in [0, 0.1) is 0 Å². The van der Waals surface area contributed by atoms with Crippen molar-refractivity contribution in [3.05, 3.63) is 84.7 Å². The molecule has 3 heteroatoms. The van der Waals surface area contributed by atoms with Gasteiger partial charge in [0.1, 0.15) is 23.9 Å². The van der Waals surface area contributed by atoms with E-state index in [0.717, 1.165) is 11.5 Å². The van der Waals surface area contributed by atoms with E-state index in [1.807, 2.05) is 66.7 Å². The minimum absolute atomic E-state index is 0.256. The lowest BCUT2D eigenvalue weighted by Gasteiger charge is -2.32. The molecule has 0 fully saturated rings. The Kier molecular flexibility index (Phi) is 4.15. The highest BCUT2D eigenvalue weighted by Gasteiger charge is 2.32. The third kappa shape index (κ3) is 3.50. The zero-order valence-electron chi connectivity index (χ0n) is 12.2. The summed E-state index contributed by atoms with van der Waals surface area (Å²) in [7, 11) is 0. The predicted octanol–water partition coefficient (Wildman–Crippen LogP) is 4.29. The van der Waals surface area contributed by atoms with Crippen molar-refractivity contribution in [2.75, 3.05) is 6.61 Å². The van der Waals surface area contributed by atoms with Gasteiger partial charge in [0, 0.05) is 6.42 Å². The van der Waals surface area contributed by atoms with Crippen molar-refractivity contribution < 1.29 is 14.6 Å². The van der Waals surface area contributed by atoms with E-state index in [2.05, 4.69) is 0 Å². The van der Waals surface area contributed by atoms with Crippen LogP contribution in [-0.4, -0.2) is 17.3 Å². The van der Waals surface area contributed by atoms with Gasteiger partial charge in [-0.2, -0.15) is 0 Å². The predicted molar refractivity (Wildman–Crippen MR) is 86.2 cm³/mol. The first-order valence-corrected chi connectivity index (χ1v) is 7.26. The van der Waals surface area contributed by atoms with Crippen LogP contribution >= 0.6 is 0 Å². The molecule has 1 atom stereocenters. The second kappa shape index (κ2) is 6.39. The molecule has 2 aromatic rings. The Hall–Kier alpha value is -2.68. The molecule has 2 aromatic carbocycles. The molecule has 0 aromatic heterocycles. The van der Waals surface area contributed by atoms with Gasteiger partial charge in [0.2, 0.25) is 0 Å². The van der Waals surface area contributed by atoms with E-state index in [1.54, 1.807) is 12.2 Å². The molecule has 0 amide bonds. The minimum atomic E-state index is -0.622. The Morgan fingerprint density at radius 1 is 0.909 bits per heavy atom. The summed E-state index contributed by atoms with van der Waals surface area (Å²) in [5, 5.41) is 9.57. The number of allylic oxidation sites excluding steroid dienone is 1. The van der Waals surface area contributed by atoms with Gasteiger partial charge in [-0.25, -0.2) is 0 Å². The molecule has 0 bridgehead atoms. The molecular weight excluding hydrogens is 276 g/mol. The van der Waals surface area contributed by atoms with Gasteiger partial charge >= 0.3 is 0 Å². The first-order valence-electron chi connectivity index (χ1n) is 7.26. The summed E-state index contributed by atoms with van der Waals surface area (Å²) in [4.78, 5) is 0. The second-order valence-electron chi connectivity index (χ2n) is 5.25. The van der Waals surface area contributed by atoms with Crippen molar-refractivity contribution in [1.82, 2.24) is 0 Å². The highest BCUT2D eigenvalue weighted by atomic mass is 16.5. The van der Waals surface area contributed by atoms with Crippen LogP contribution in [0.1, 0.15) is 6.42 Å². The van der Waals surface area contributed by atoms with Gasteiger partial charge < -0.3 is 14.6 Å². The van der Waals surface area contributed by atoms with Gasteiger partial charge in [0.05, 0.1) is 0 Å². The summed E-state index contributed by atoms with van der Waals surface area (Å²) in [6.07, 6.45) is 5.81. The molecular formula is C19H18O3. The summed E-state index contributed by atoms with van der Waals surface area (Å²) >= 11 is 0. The molecule has 3 nitrogen and oxygen atoms in total. The van der Waals surface area contributed by atoms with Gasteiger partial charge in [-0.15, -0.1) is 0 Å². The lowest BCUT2D eigenvalue weighted by Crippen LogP contribution is -2.41. The maximum atomic E-state index is 9.57. The van der Waals surface area contributed by atoms with Gasteiger partial charge in [-0.1, -0.05) is 36.4 Å². The molecule has 0 radical (unpaired) electrons. The fraction of sp³-hybridized carbons (Fsp3) is 0.158. The van der Waals surface area contributed by atoms with Crippen LogP contribution in [0.2, 0.25) is 0 Å². The van der Waals surface area contributed by atoms with Crippen molar-refractivity contribution in [3.63, 3.8) is 0 Å². The lowest BCUT2D eigenvalue weighted by atomic mass is 9.95. The van der Waals surface area contributed by atoms with Crippen LogP contribution < -0.4 is 9.47 Å². The number of ether oxygens (including phenoxy) is 2. The number of hydrogen-bond acceptors (Lipinski definition) is 3. The molecule has 0 saturated heterocycles. The van der Waals surface area contributed by atoms with Gasteiger partial charge in [-0.3, -0.25) is 0 Å². The van der Waals surface area contributed by atoms with Crippen molar-refractivity contribution in [3.8, 4) is 11.5 Å². The number of para-hydroxylation sites is 2. The normalized spacial score (nSPS) is 20.3. The Balaban J connectivity index is 1.77. The first-order chi connectivity index (χ1) is 10.8. The highest BCUT2D eigenvalue weighted by molar-refractivity contribution is 5.29. The minimum Gasteiger partial charge on any atom is -0.508 e. The van der Waals surface area contributed by atoms with E-state index in [4.69, 9.17) is 9.47 Å². The van der Waals surface area contributed by atoms with Crippen LogP contribution in [0.4, 0.5) is 0 Å². The molecule has 1 aliphatic rings. The molecule has 0 saturated carbocycles. The Labute approximate surface area is 130 Å². The van der Waals surface area contributed by atoms with E-state index in [1.165, 1.54) is 0 Å². The number of benzene rings is 2. The highest BCUT2D eigenvalue weighted by Crippen LogP contribution is 2.28. The number of rotatable bonds is 5. The largest absolute Gasteiger partial charge is 0.508 e. The van der Waals surface area contributed by atoms with Crippen LogP contribution in [-0.2, 0) is 0 Å². The summed E-state index contributed by atoms with van der Waals surface area (Å²) in [5.74, 6) is 1.83. The second-order valence-corrected chi connectivity index (χ2v) is 5.25. The molecule has 3 rings (SSSR count). The van der Waals surface area contributed by atoms with Crippen molar-refractivity contribution in [1.29, 1.82) is 0 Å². The number of aliphatic hydroxyl groups excluding tert-OH is 1. The smallest absolute Gasteiger partial charge is 0.165 e. The monoisotopic (exact) mass is 294 g/mol. The first kappa shape index (κ1) is 14.3. The molecule has 112 valence electrons. The van der Waals surface area contributed by atoms with Gasteiger partial charge in [0.25, 0.3) is 0 Å². The summed E-state index contributed by atoms with van der Waals surface area (Å²) in [5.41, 5.74) is -0.622. The number of aliphatic hydroxyl groups is 1. The topological polar surface area (TPSA) is 38.7 Å². The van der Waals surface area contributed by atoms with E-state index >= 15 is 0 Å². The van der Waals surface area contributed by atoms with Crippen molar-refractivity contribution >= 4 is 0 Å². The van der Waals surface area contributed by atoms with Crippen LogP contribution in [0.15, 0.2) is 84.7 Å². The maximum Gasteiger partial charge on any atom is 0.165 e. The SMILES string of the molecule is OC1=CCC(COc2ccccc2)(Oc2ccccc2)C=C1. The van der Waals surface area contributed by atoms with Crippen molar-refractivity contribution in [2.45, 2.75) is 12.0 Å². The zero-order valence-corrected chi connectivity index (χ0v) is 12.2. The summed E-state index contributed by atoms with van der Waals surface area (Å²) in [6.45, 7) is 0.367. The van der Waals surface area contributed by atoms with Gasteiger partial charge in [0.15, 0.2) is 5.60 Å². The fourth-order valence-electron chi connectivity index (χ4n) is 2.31. The van der Waals surface area contributed by atoms with E-state index in [0.29, 0.717) is 13.0 Å². The molecule has 0 aliphatic heterocycles. The zero-order chi connectivity index (χ0) is 15.3. The third-order valence-corrected chi connectivity index (χ3v) is 3.51. The number of hydrogen-bond donors (Lipinski definition) is 1. The Morgan fingerprint density at radius 3 is 2.14 bits per heavy atom. The maximum absolute atomic E-state index is 9.57. The Morgan fingerprint density at radius 2 is 1.55 bits per heavy atom. The standard InChI is InChI=1S/C19H18O3/c20-16-11-13-19(14-12-16,22-18-9-5-2-6-10-18)15-21-17-7-3-1-4-8-17/h1-13,20H,14-15H2. The van der Waals surface area contributed by atoms with Crippen LogP contribution in [0.25, 0.3) is 0 Å². The molecule has 1 unspecified atom stereocenters. The Bertz CT molecular complexity index is 662. The lowest BCUT2D eigenvalue weighted by molar-refractivity contribution is 0.0611. The molecule has 1 N–H and O–H groups in total. The summed E-state index contributed by atoms with van der Waals surface area (Å²) in [6, 6.07) is 19.3. The van der Waals surface area contributed by atoms with E-state index in [9.17, 15) is 5.11 Å². The molecule has 0 spiro atoms. The van der Waals surface area contributed by atoms with Crippen LogP contribution in [0.5, 0.6) is 11.5 Å². The molecule has 22 heavy (non-hydrogen) atoms. The van der Waals surface area contributed by atoms with E-state index < -0.39 is 5.60 Å². The average Bonchev–Trinajstić information content (AvgIpc) is 2.58. The quantitative estimate of drug-likeness (QED) is 0.894. The van der Waals surface area contributed by atoms with Crippen LogP contribution in [0.3, 0.4) is 0 Å². The van der Waals surface area contributed by atoms with Crippen molar-refractivity contribution in [2.24, 2.45) is 0 Å².